The first-order chi connectivity index (χ1) is 10.6. The smallest absolute Gasteiger partial charge is 0.155 e. The highest BCUT2D eigenvalue weighted by atomic mass is 16.5. The van der Waals surface area contributed by atoms with Crippen molar-refractivity contribution in [2.75, 3.05) is 13.7 Å². The molecule has 2 nitrogen and oxygen atoms in total. The summed E-state index contributed by atoms with van der Waals surface area (Å²) in [7, 11) is 1.86. The summed E-state index contributed by atoms with van der Waals surface area (Å²) in [6.45, 7) is 3.50. The van der Waals surface area contributed by atoms with Crippen molar-refractivity contribution in [2.45, 2.75) is 51.9 Å². The molecule has 0 aromatic heterocycles. The summed E-state index contributed by atoms with van der Waals surface area (Å²) in [5.41, 5.74) is 0.512. The maximum Gasteiger partial charge on any atom is 0.155 e. The van der Waals surface area contributed by atoms with E-state index in [1.54, 1.807) is 0 Å². The topological polar surface area (TPSA) is 26.3 Å². The highest BCUT2D eigenvalue weighted by Crippen LogP contribution is 2.63. The largest absolute Gasteiger partial charge is 0.384 e. The molecule has 0 amide bonds. The number of rotatable bonds is 2. The second-order valence-electron chi connectivity index (χ2n) is 8.65. The maximum atomic E-state index is 11.7. The summed E-state index contributed by atoms with van der Waals surface area (Å²) in [6, 6.07) is 0. The number of ketones is 1. The third-order valence-corrected chi connectivity index (χ3v) is 7.93. The molecule has 122 valence electrons. The summed E-state index contributed by atoms with van der Waals surface area (Å²) in [5.74, 6) is 5.13. The van der Waals surface area contributed by atoms with Crippen molar-refractivity contribution in [3.05, 3.63) is 12.2 Å². The van der Waals surface area contributed by atoms with Crippen LogP contribution in [0.2, 0.25) is 0 Å². The minimum atomic E-state index is 0.362. The molecular formula is C20H30O2. The molecule has 0 unspecified atom stereocenters. The second-order valence-corrected chi connectivity index (χ2v) is 8.65. The fourth-order valence-corrected chi connectivity index (χ4v) is 6.83. The Labute approximate surface area is 134 Å². The number of carbonyl (C=O) groups is 1. The Bertz CT molecular complexity index is 482. The predicted octanol–water partition coefficient (Wildman–Crippen LogP) is 4.25. The molecule has 0 spiro atoms. The molecule has 4 aliphatic carbocycles. The van der Waals surface area contributed by atoms with Gasteiger partial charge in [-0.15, -0.1) is 0 Å². The molecule has 0 N–H and O–H groups in total. The van der Waals surface area contributed by atoms with Crippen molar-refractivity contribution in [2.24, 2.45) is 40.9 Å². The molecule has 0 aliphatic heterocycles. The first kappa shape index (κ1) is 14.9. The number of methoxy groups -OCH3 is 1. The van der Waals surface area contributed by atoms with Crippen molar-refractivity contribution < 1.29 is 9.53 Å². The highest BCUT2D eigenvalue weighted by Gasteiger charge is 2.56. The Morgan fingerprint density at radius 2 is 2.05 bits per heavy atom. The van der Waals surface area contributed by atoms with Crippen LogP contribution in [0.3, 0.4) is 0 Å². The van der Waals surface area contributed by atoms with Gasteiger partial charge in [-0.1, -0.05) is 13.0 Å². The lowest BCUT2D eigenvalue weighted by Crippen LogP contribution is -2.48. The van der Waals surface area contributed by atoms with Crippen molar-refractivity contribution in [1.29, 1.82) is 0 Å². The summed E-state index contributed by atoms with van der Waals surface area (Å²) < 4.78 is 5.53. The van der Waals surface area contributed by atoms with Gasteiger partial charge in [0, 0.05) is 20.1 Å². The van der Waals surface area contributed by atoms with E-state index in [1.807, 2.05) is 13.2 Å². The van der Waals surface area contributed by atoms with Crippen LogP contribution in [0, 0.1) is 40.9 Å². The molecule has 2 heteroatoms. The Hall–Kier alpha value is -0.630. The number of allylic oxidation sites excluding steroid dienone is 2. The van der Waals surface area contributed by atoms with Gasteiger partial charge in [0.15, 0.2) is 5.78 Å². The molecule has 0 aromatic carbocycles. The van der Waals surface area contributed by atoms with Crippen molar-refractivity contribution in [3.63, 3.8) is 0 Å². The van der Waals surface area contributed by atoms with E-state index in [9.17, 15) is 4.79 Å². The SMILES string of the molecule is COC[C@H]1CC[C@H]2[C@@H]3CC[C@H]4CC(=O)C=C[C@@H]4[C@H]3CC[C@]12C. The quantitative estimate of drug-likeness (QED) is 0.762. The summed E-state index contributed by atoms with van der Waals surface area (Å²) in [4.78, 5) is 11.7. The monoisotopic (exact) mass is 302 g/mol. The Balaban J connectivity index is 1.57. The van der Waals surface area contributed by atoms with E-state index in [2.05, 4.69) is 13.0 Å². The van der Waals surface area contributed by atoms with Crippen LogP contribution in [0.5, 0.6) is 0 Å². The van der Waals surface area contributed by atoms with E-state index in [-0.39, 0.29) is 0 Å². The number of ether oxygens (including phenoxy) is 1. The van der Waals surface area contributed by atoms with Crippen LogP contribution >= 0.6 is 0 Å². The van der Waals surface area contributed by atoms with Crippen LogP contribution in [0.1, 0.15) is 51.9 Å². The van der Waals surface area contributed by atoms with Crippen LogP contribution in [0.15, 0.2) is 12.2 Å². The molecule has 0 bridgehead atoms. The first-order valence-electron chi connectivity index (χ1n) is 9.33. The van der Waals surface area contributed by atoms with Crippen LogP contribution < -0.4 is 0 Å². The lowest BCUT2D eigenvalue weighted by atomic mass is 9.50. The van der Waals surface area contributed by atoms with E-state index in [0.717, 1.165) is 36.7 Å². The van der Waals surface area contributed by atoms with Gasteiger partial charge >= 0.3 is 0 Å². The van der Waals surface area contributed by atoms with Crippen LogP contribution in [-0.4, -0.2) is 19.5 Å². The van der Waals surface area contributed by atoms with Gasteiger partial charge in [-0.2, -0.15) is 0 Å². The fourth-order valence-electron chi connectivity index (χ4n) is 6.83. The fraction of sp³-hybridized carbons (Fsp3) is 0.850. The molecule has 0 saturated heterocycles. The second kappa shape index (κ2) is 5.47. The number of fused-ring (bicyclic) bond motifs is 5. The van der Waals surface area contributed by atoms with E-state index < -0.39 is 0 Å². The predicted molar refractivity (Wildman–Crippen MR) is 87.4 cm³/mol. The third-order valence-electron chi connectivity index (χ3n) is 7.93. The van der Waals surface area contributed by atoms with Gasteiger partial charge in [-0.25, -0.2) is 0 Å². The molecule has 3 saturated carbocycles. The third kappa shape index (κ3) is 2.13. The average molecular weight is 302 g/mol. The lowest BCUT2D eigenvalue weighted by Gasteiger charge is -2.54. The lowest BCUT2D eigenvalue weighted by molar-refractivity contribution is -0.118. The molecule has 4 aliphatic rings. The molecule has 3 fully saturated rings. The van der Waals surface area contributed by atoms with E-state index in [1.165, 1.54) is 38.5 Å². The number of hydrogen-bond donors (Lipinski definition) is 0. The molecule has 4 rings (SSSR count). The van der Waals surface area contributed by atoms with Gasteiger partial charge in [-0.3, -0.25) is 4.79 Å². The molecule has 22 heavy (non-hydrogen) atoms. The van der Waals surface area contributed by atoms with Crippen molar-refractivity contribution >= 4 is 5.78 Å². The van der Waals surface area contributed by atoms with Crippen molar-refractivity contribution in [1.82, 2.24) is 0 Å². The molecular weight excluding hydrogens is 272 g/mol. The minimum Gasteiger partial charge on any atom is -0.384 e. The number of hydrogen-bond acceptors (Lipinski definition) is 2. The van der Waals surface area contributed by atoms with Crippen LogP contribution in [-0.2, 0) is 9.53 Å². The summed E-state index contributed by atoms with van der Waals surface area (Å²) in [6.07, 6.45) is 13.2. The Morgan fingerprint density at radius 1 is 1.18 bits per heavy atom. The minimum absolute atomic E-state index is 0.362. The Morgan fingerprint density at radius 3 is 2.86 bits per heavy atom. The van der Waals surface area contributed by atoms with Gasteiger partial charge in [0.1, 0.15) is 0 Å². The zero-order chi connectivity index (χ0) is 15.3. The molecule has 7 atom stereocenters. The number of carbonyl (C=O) groups excluding carboxylic acids is 1. The van der Waals surface area contributed by atoms with Crippen LogP contribution in [0.4, 0.5) is 0 Å². The maximum absolute atomic E-state index is 11.7. The molecule has 0 heterocycles. The zero-order valence-corrected chi connectivity index (χ0v) is 14.1. The van der Waals surface area contributed by atoms with E-state index in [4.69, 9.17) is 4.74 Å². The highest BCUT2D eigenvalue weighted by molar-refractivity contribution is 5.90. The van der Waals surface area contributed by atoms with Crippen molar-refractivity contribution in [3.8, 4) is 0 Å². The summed E-state index contributed by atoms with van der Waals surface area (Å²) in [5, 5.41) is 0. The van der Waals surface area contributed by atoms with Gasteiger partial charge in [0.05, 0.1) is 0 Å². The first-order valence-corrected chi connectivity index (χ1v) is 9.33. The van der Waals surface area contributed by atoms with E-state index >= 15 is 0 Å². The standard InChI is InChI=1S/C20H30O2/c1-20-10-9-17-16-7-5-15(21)11-13(16)3-6-18(17)19(20)8-4-14(20)12-22-2/h5,7,13-14,16-19H,3-4,6,8-12H2,1-2H3/t13-,14+,16-,17+,18+,19-,20+/m0/s1. The van der Waals surface area contributed by atoms with Crippen LogP contribution in [0.25, 0.3) is 0 Å². The van der Waals surface area contributed by atoms with Gasteiger partial charge in [0.25, 0.3) is 0 Å². The Kier molecular flexibility index (Phi) is 3.71. The average Bonchev–Trinajstić information content (AvgIpc) is 2.84. The molecule has 0 aromatic rings. The van der Waals surface area contributed by atoms with Gasteiger partial charge in [-0.05, 0) is 85.5 Å². The van der Waals surface area contributed by atoms with Gasteiger partial charge < -0.3 is 4.74 Å². The summed E-state index contributed by atoms with van der Waals surface area (Å²) >= 11 is 0. The zero-order valence-electron chi connectivity index (χ0n) is 14.1. The normalized spacial score (nSPS) is 50.4. The van der Waals surface area contributed by atoms with E-state index in [0.29, 0.717) is 23.0 Å². The molecule has 0 radical (unpaired) electrons. The van der Waals surface area contributed by atoms with Gasteiger partial charge in [0.2, 0.25) is 0 Å².